The minimum atomic E-state index is 0.0934. The van der Waals surface area contributed by atoms with Crippen molar-refractivity contribution in [3.63, 3.8) is 0 Å². The van der Waals surface area contributed by atoms with Gasteiger partial charge in [-0.25, -0.2) is 0 Å². The fourth-order valence-electron chi connectivity index (χ4n) is 2.21. The Labute approximate surface area is 120 Å². The summed E-state index contributed by atoms with van der Waals surface area (Å²) in [5.41, 5.74) is 2.32. The van der Waals surface area contributed by atoms with Crippen molar-refractivity contribution in [1.29, 1.82) is 0 Å². The lowest BCUT2D eigenvalue weighted by atomic mass is 10.1. The van der Waals surface area contributed by atoms with Crippen LogP contribution in [0.15, 0.2) is 42.6 Å². The molecule has 0 unspecified atom stereocenters. The maximum absolute atomic E-state index is 12.2. The lowest BCUT2D eigenvalue weighted by Crippen LogP contribution is -2.07. The minimum Gasteiger partial charge on any atom is -0.340 e. The third kappa shape index (κ3) is 2.31. The molecule has 96 valence electrons. The summed E-state index contributed by atoms with van der Waals surface area (Å²) in [5, 5.41) is 1.19. The van der Waals surface area contributed by atoms with Crippen LogP contribution in [-0.2, 0) is 6.54 Å². The second-order valence-electron chi connectivity index (χ2n) is 4.48. The maximum Gasteiger partial charge on any atom is 0.192 e. The number of fused-ring (bicyclic) bond motifs is 1. The van der Waals surface area contributed by atoms with Crippen LogP contribution in [0.25, 0.3) is 10.9 Å². The van der Waals surface area contributed by atoms with Gasteiger partial charge in [0.1, 0.15) is 0 Å². The highest BCUT2D eigenvalue weighted by Gasteiger charge is 2.11. The number of hydrogen-bond acceptors (Lipinski definition) is 2. The lowest BCUT2D eigenvalue weighted by Gasteiger charge is -2.04. The van der Waals surface area contributed by atoms with E-state index in [-0.39, 0.29) is 5.78 Å². The van der Waals surface area contributed by atoms with Crippen LogP contribution < -0.4 is 0 Å². The quantitative estimate of drug-likeness (QED) is 0.649. The maximum atomic E-state index is 12.2. The first-order valence-corrected chi connectivity index (χ1v) is 7.17. The smallest absolute Gasteiger partial charge is 0.192 e. The number of Topliss-reactive ketones (excluding diaryl/α,β-unsaturated/α-hetero) is 1. The molecule has 0 saturated heterocycles. The van der Waals surface area contributed by atoms with Gasteiger partial charge in [-0.15, -0.1) is 11.3 Å². The standard InChI is InChI=1S/C15H12ClNOS/c1-10-3-2-4-12-11(10)7-8-17(12)9-13(18)14-5-6-15(16)19-14/h2-8H,9H2,1H3. The highest BCUT2D eigenvalue weighted by molar-refractivity contribution is 7.18. The summed E-state index contributed by atoms with van der Waals surface area (Å²) >= 11 is 7.19. The monoisotopic (exact) mass is 289 g/mol. The van der Waals surface area contributed by atoms with Crippen molar-refractivity contribution in [1.82, 2.24) is 4.57 Å². The Kier molecular flexibility index (Phi) is 3.17. The minimum absolute atomic E-state index is 0.0934. The van der Waals surface area contributed by atoms with Crippen molar-refractivity contribution in [3.8, 4) is 0 Å². The van der Waals surface area contributed by atoms with E-state index < -0.39 is 0 Å². The Morgan fingerprint density at radius 1 is 1.26 bits per heavy atom. The van der Waals surface area contributed by atoms with Gasteiger partial charge in [0.15, 0.2) is 5.78 Å². The van der Waals surface area contributed by atoms with Crippen molar-refractivity contribution in [2.24, 2.45) is 0 Å². The Balaban J connectivity index is 1.94. The Morgan fingerprint density at radius 2 is 2.11 bits per heavy atom. The van der Waals surface area contributed by atoms with Crippen LogP contribution in [0.2, 0.25) is 4.34 Å². The van der Waals surface area contributed by atoms with Crippen molar-refractivity contribution in [3.05, 3.63) is 57.4 Å². The van der Waals surface area contributed by atoms with E-state index >= 15 is 0 Å². The van der Waals surface area contributed by atoms with Crippen LogP contribution >= 0.6 is 22.9 Å². The number of nitrogens with zero attached hydrogens (tertiary/aromatic N) is 1. The van der Waals surface area contributed by atoms with Gasteiger partial charge in [0.2, 0.25) is 0 Å². The zero-order valence-corrected chi connectivity index (χ0v) is 12.0. The highest BCUT2D eigenvalue weighted by Crippen LogP contribution is 2.24. The molecule has 0 bridgehead atoms. The summed E-state index contributed by atoms with van der Waals surface area (Å²) in [6, 6.07) is 11.7. The van der Waals surface area contributed by atoms with Crippen LogP contribution in [0.4, 0.5) is 0 Å². The van der Waals surface area contributed by atoms with E-state index in [1.54, 1.807) is 12.1 Å². The first kappa shape index (κ1) is 12.5. The summed E-state index contributed by atoms with van der Waals surface area (Å²) < 4.78 is 2.63. The Morgan fingerprint density at radius 3 is 2.84 bits per heavy atom. The van der Waals surface area contributed by atoms with Gasteiger partial charge in [-0.3, -0.25) is 4.79 Å². The summed E-state index contributed by atoms with van der Waals surface area (Å²) in [7, 11) is 0. The molecule has 0 fully saturated rings. The van der Waals surface area contributed by atoms with E-state index in [4.69, 9.17) is 11.6 Å². The van der Waals surface area contributed by atoms with Crippen LogP contribution in [-0.4, -0.2) is 10.4 Å². The number of aryl methyl sites for hydroxylation is 1. The van der Waals surface area contributed by atoms with Crippen LogP contribution in [0.3, 0.4) is 0 Å². The average molecular weight is 290 g/mol. The molecule has 0 aliphatic rings. The number of carbonyl (C=O) groups excluding carboxylic acids is 1. The van der Waals surface area contributed by atoms with Crippen LogP contribution in [0.1, 0.15) is 15.2 Å². The van der Waals surface area contributed by atoms with E-state index in [2.05, 4.69) is 19.1 Å². The van der Waals surface area contributed by atoms with Crippen LogP contribution in [0.5, 0.6) is 0 Å². The number of thiophene rings is 1. The van der Waals surface area contributed by atoms with Gasteiger partial charge in [-0.1, -0.05) is 23.7 Å². The Hall–Kier alpha value is -1.58. The molecule has 3 aromatic rings. The molecule has 2 heterocycles. The number of rotatable bonds is 3. The Bertz CT molecular complexity index is 756. The summed E-state index contributed by atoms with van der Waals surface area (Å²) in [6.45, 7) is 2.43. The summed E-state index contributed by atoms with van der Waals surface area (Å²) in [6.07, 6.45) is 1.96. The molecule has 0 radical (unpaired) electrons. The SMILES string of the molecule is Cc1cccc2c1ccn2CC(=O)c1ccc(Cl)s1. The van der Waals surface area contributed by atoms with Crippen molar-refractivity contribution in [2.75, 3.05) is 0 Å². The summed E-state index contributed by atoms with van der Waals surface area (Å²) in [5.74, 6) is 0.0934. The van der Waals surface area contributed by atoms with Gasteiger partial charge in [-0.2, -0.15) is 0 Å². The van der Waals surface area contributed by atoms with E-state index in [0.717, 1.165) is 5.52 Å². The average Bonchev–Trinajstić information content (AvgIpc) is 2.98. The zero-order valence-electron chi connectivity index (χ0n) is 10.4. The van der Waals surface area contributed by atoms with Gasteiger partial charge < -0.3 is 4.57 Å². The van der Waals surface area contributed by atoms with Gasteiger partial charge in [0.05, 0.1) is 15.8 Å². The molecule has 1 aromatic carbocycles. The number of hydrogen-bond donors (Lipinski definition) is 0. The predicted octanol–water partition coefficient (Wildman–Crippen LogP) is 4.55. The molecule has 4 heteroatoms. The molecule has 0 aliphatic heterocycles. The van der Waals surface area contributed by atoms with Crippen molar-refractivity contribution >= 4 is 39.6 Å². The van der Waals surface area contributed by atoms with E-state index in [1.807, 2.05) is 22.9 Å². The van der Waals surface area contributed by atoms with Gasteiger partial charge in [0.25, 0.3) is 0 Å². The molecular formula is C15H12ClNOS. The van der Waals surface area contributed by atoms with E-state index in [1.165, 1.54) is 22.3 Å². The third-order valence-electron chi connectivity index (χ3n) is 3.19. The molecular weight excluding hydrogens is 278 g/mol. The molecule has 0 amide bonds. The van der Waals surface area contributed by atoms with E-state index in [9.17, 15) is 4.79 Å². The molecule has 0 N–H and O–H groups in total. The molecule has 2 nitrogen and oxygen atoms in total. The normalized spacial score (nSPS) is 11.1. The second-order valence-corrected chi connectivity index (χ2v) is 6.19. The largest absolute Gasteiger partial charge is 0.340 e. The fourth-order valence-corrected chi connectivity index (χ4v) is 3.18. The molecule has 3 rings (SSSR count). The molecule has 0 aliphatic carbocycles. The summed E-state index contributed by atoms with van der Waals surface area (Å²) in [4.78, 5) is 12.9. The van der Waals surface area contributed by atoms with Gasteiger partial charge in [0, 0.05) is 17.1 Å². The molecule has 0 spiro atoms. The molecule has 0 atom stereocenters. The number of aromatic nitrogens is 1. The van der Waals surface area contributed by atoms with Crippen molar-refractivity contribution in [2.45, 2.75) is 13.5 Å². The van der Waals surface area contributed by atoms with Gasteiger partial charge >= 0.3 is 0 Å². The second kappa shape index (κ2) is 4.83. The number of ketones is 1. The first-order chi connectivity index (χ1) is 9.15. The zero-order chi connectivity index (χ0) is 13.4. The molecule has 2 aromatic heterocycles. The fraction of sp³-hybridized carbons (Fsp3) is 0.133. The number of carbonyl (C=O) groups is 1. The predicted molar refractivity (Wildman–Crippen MR) is 80.3 cm³/mol. The molecule has 19 heavy (non-hydrogen) atoms. The number of halogens is 1. The van der Waals surface area contributed by atoms with Crippen molar-refractivity contribution < 1.29 is 4.79 Å². The third-order valence-corrected chi connectivity index (χ3v) is 4.47. The van der Waals surface area contributed by atoms with Gasteiger partial charge in [-0.05, 0) is 36.8 Å². The molecule has 0 saturated carbocycles. The number of benzene rings is 1. The van der Waals surface area contributed by atoms with Crippen LogP contribution in [0, 0.1) is 6.92 Å². The topological polar surface area (TPSA) is 22.0 Å². The lowest BCUT2D eigenvalue weighted by molar-refractivity contribution is 0.0977. The highest BCUT2D eigenvalue weighted by atomic mass is 35.5. The van der Waals surface area contributed by atoms with E-state index in [0.29, 0.717) is 15.8 Å². The first-order valence-electron chi connectivity index (χ1n) is 5.98.